The molecule has 6 heteroatoms. The van der Waals surface area contributed by atoms with E-state index in [4.69, 9.17) is 9.47 Å². The number of fused-ring (bicyclic) bond motifs is 1. The van der Waals surface area contributed by atoms with Crippen molar-refractivity contribution in [3.05, 3.63) is 89.0 Å². The summed E-state index contributed by atoms with van der Waals surface area (Å²) in [5.41, 5.74) is 4.38. The monoisotopic (exact) mass is 432 g/mol. The molecule has 0 saturated heterocycles. The molecule has 2 N–H and O–H groups in total. The molecule has 1 atom stereocenters. The zero-order valence-corrected chi connectivity index (χ0v) is 18.4. The van der Waals surface area contributed by atoms with Crippen molar-refractivity contribution in [3.8, 4) is 17.2 Å². The molecule has 0 fully saturated rings. The molecule has 0 aromatic heterocycles. The van der Waals surface area contributed by atoms with E-state index < -0.39 is 0 Å². The summed E-state index contributed by atoms with van der Waals surface area (Å²) in [5.74, 6) is 0.671. The summed E-state index contributed by atoms with van der Waals surface area (Å²) < 4.78 is 10.6. The van der Waals surface area contributed by atoms with Crippen LogP contribution in [0.15, 0.2) is 66.7 Å². The molecule has 1 aliphatic heterocycles. The van der Waals surface area contributed by atoms with Crippen LogP contribution in [0.25, 0.3) is 0 Å². The molecule has 1 heterocycles. The van der Waals surface area contributed by atoms with Gasteiger partial charge in [0.2, 0.25) is 11.7 Å². The number of nitrogens with zero attached hydrogens (tertiary/aromatic N) is 1. The quantitative estimate of drug-likeness (QED) is 0.596. The number of nitrogens with one attached hydrogen (secondary N) is 1. The zero-order chi connectivity index (χ0) is 22.5. The predicted octanol–water partition coefficient (Wildman–Crippen LogP) is 3.65. The van der Waals surface area contributed by atoms with E-state index in [1.54, 1.807) is 12.1 Å². The first kappa shape index (κ1) is 21.7. The molecule has 3 aromatic rings. The maximum Gasteiger partial charge on any atom is 0.237 e. The minimum atomic E-state index is -0.306. The van der Waals surface area contributed by atoms with Crippen LogP contribution in [0.3, 0.4) is 0 Å². The third-order valence-corrected chi connectivity index (χ3v) is 5.88. The second-order valence-electron chi connectivity index (χ2n) is 7.95. The van der Waals surface area contributed by atoms with Gasteiger partial charge in [0.25, 0.3) is 0 Å². The Morgan fingerprint density at radius 2 is 1.59 bits per heavy atom. The lowest BCUT2D eigenvalue weighted by Gasteiger charge is -2.36. The number of methoxy groups -OCH3 is 2. The van der Waals surface area contributed by atoms with Gasteiger partial charge in [0, 0.05) is 19.6 Å². The van der Waals surface area contributed by atoms with Crippen LogP contribution in [0.2, 0.25) is 0 Å². The lowest BCUT2D eigenvalue weighted by molar-refractivity contribution is -0.127. The summed E-state index contributed by atoms with van der Waals surface area (Å²) in [6.07, 6.45) is 0.642. The van der Waals surface area contributed by atoms with Crippen molar-refractivity contribution in [1.29, 1.82) is 0 Å². The first-order valence-corrected chi connectivity index (χ1v) is 10.7. The van der Waals surface area contributed by atoms with Crippen molar-refractivity contribution in [1.82, 2.24) is 10.2 Å². The lowest BCUT2D eigenvalue weighted by atomic mass is 9.93. The van der Waals surface area contributed by atoms with Crippen LogP contribution >= 0.6 is 0 Å². The number of phenols is 1. The number of phenolic OH excluding ortho intramolecular Hbond substituents is 1. The molecule has 1 aliphatic rings. The first-order chi connectivity index (χ1) is 15.6. The molecular weight excluding hydrogens is 404 g/mol. The zero-order valence-electron chi connectivity index (χ0n) is 18.4. The van der Waals surface area contributed by atoms with Crippen molar-refractivity contribution >= 4 is 5.91 Å². The van der Waals surface area contributed by atoms with E-state index in [0.717, 1.165) is 11.1 Å². The Kier molecular flexibility index (Phi) is 6.61. The maximum atomic E-state index is 13.2. The predicted molar refractivity (Wildman–Crippen MR) is 123 cm³/mol. The van der Waals surface area contributed by atoms with E-state index in [1.807, 2.05) is 42.5 Å². The Labute approximate surface area is 188 Å². The average Bonchev–Trinajstić information content (AvgIpc) is 2.83. The van der Waals surface area contributed by atoms with Crippen LogP contribution < -0.4 is 14.8 Å². The molecule has 0 bridgehead atoms. The Morgan fingerprint density at radius 1 is 0.969 bits per heavy atom. The fraction of sp³-hybridized carbons (Fsp3) is 0.269. The van der Waals surface area contributed by atoms with Gasteiger partial charge in [0.15, 0.2) is 11.5 Å². The summed E-state index contributed by atoms with van der Waals surface area (Å²) in [6.45, 7) is 1.67. The smallest absolute Gasteiger partial charge is 0.237 e. The van der Waals surface area contributed by atoms with Crippen molar-refractivity contribution in [2.24, 2.45) is 0 Å². The van der Waals surface area contributed by atoms with Gasteiger partial charge in [-0.05, 0) is 40.8 Å². The second kappa shape index (κ2) is 9.75. The number of ether oxygens (including phenoxy) is 2. The molecule has 166 valence electrons. The number of carbonyl (C=O) groups is 1. The Morgan fingerprint density at radius 3 is 2.25 bits per heavy atom. The molecular formula is C26H28N2O4. The van der Waals surface area contributed by atoms with Gasteiger partial charge in [0.05, 0.1) is 20.3 Å². The van der Waals surface area contributed by atoms with Gasteiger partial charge >= 0.3 is 0 Å². The molecule has 32 heavy (non-hydrogen) atoms. The molecule has 4 rings (SSSR count). The van der Waals surface area contributed by atoms with Crippen molar-refractivity contribution in [2.75, 3.05) is 14.2 Å². The SMILES string of the molecule is COc1cc(CN2Cc3ccccc3C[C@H]2C(=O)NCc2ccccc2)cc(OC)c1O. The van der Waals surface area contributed by atoms with Crippen LogP contribution in [0.1, 0.15) is 22.3 Å². The van der Waals surface area contributed by atoms with E-state index in [1.165, 1.54) is 25.3 Å². The number of aromatic hydroxyl groups is 1. The summed E-state index contributed by atoms with van der Waals surface area (Å²) in [5, 5.41) is 13.3. The van der Waals surface area contributed by atoms with E-state index >= 15 is 0 Å². The van der Waals surface area contributed by atoms with Gasteiger partial charge in [-0.3, -0.25) is 9.69 Å². The highest BCUT2D eigenvalue weighted by Crippen LogP contribution is 2.38. The number of carbonyl (C=O) groups excluding carboxylic acids is 1. The van der Waals surface area contributed by atoms with Gasteiger partial charge < -0.3 is 19.9 Å². The standard InChI is InChI=1S/C26H28N2O4/c1-31-23-12-19(13-24(32-2)25(23)29)16-28-17-21-11-7-6-10-20(21)14-22(28)26(30)27-15-18-8-4-3-5-9-18/h3-13,22,29H,14-17H2,1-2H3,(H,27,30)/t22-/m0/s1. The molecule has 0 aliphatic carbocycles. The number of hydrogen-bond donors (Lipinski definition) is 2. The summed E-state index contributed by atoms with van der Waals surface area (Å²) >= 11 is 0. The molecule has 1 amide bonds. The lowest BCUT2D eigenvalue weighted by Crippen LogP contribution is -2.49. The molecule has 3 aromatic carbocycles. The highest BCUT2D eigenvalue weighted by atomic mass is 16.5. The fourth-order valence-corrected chi connectivity index (χ4v) is 4.18. The average molecular weight is 433 g/mol. The van der Waals surface area contributed by atoms with Crippen LogP contribution in [0, 0.1) is 0 Å². The molecule has 0 saturated carbocycles. The summed E-state index contributed by atoms with van der Waals surface area (Å²) in [4.78, 5) is 15.4. The topological polar surface area (TPSA) is 71.0 Å². The van der Waals surface area contributed by atoms with Crippen LogP contribution in [-0.4, -0.2) is 36.2 Å². The van der Waals surface area contributed by atoms with Crippen LogP contribution in [0.4, 0.5) is 0 Å². The number of hydrogen-bond acceptors (Lipinski definition) is 5. The normalized spacial score (nSPS) is 15.6. The molecule has 0 unspecified atom stereocenters. The van der Waals surface area contributed by atoms with Gasteiger partial charge in [0.1, 0.15) is 0 Å². The van der Waals surface area contributed by atoms with E-state index in [-0.39, 0.29) is 17.7 Å². The molecule has 0 radical (unpaired) electrons. The second-order valence-corrected chi connectivity index (χ2v) is 7.95. The van der Waals surface area contributed by atoms with Crippen molar-refractivity contribution < 1.29 is 19.4 Å². The minimum absolute atomic E-state index is 0.000986. The van der Waals surface area contributed by atoms with E-state index in [0.29, 0.717) is 37.6 Å². The number of rotatable bonds is 7. The minimum Gasteiger partial charge on any atom is -0.502 e. The van der Waals surface area contributed by atoms with Gasteiger partial charge in [-0.15, -0.1) is 0 Å². The largest absolute Gasteiger partial charge is 0.502 e. The third kappa shape index (κ3) is 4.70. The molecule has 0 spiro atoms. The number of amides is 1. The third-order valence-electron chi connectivity index (χ3n) is 5.88. The van der Waals surface area contributed by atoms with E-state index in [9.17, 15) is 9.90 Å². The van der Waals surface area contributed by atoms with Gasteiger partial charge in [-0.25, -0.2) is 0 Å². The first-order valence-electron chi connectivity index (χ1n) is 10.7. The Hall–Kier alpha value is -3.51. The highest BCUT2D eigenvalue weighted by molar-refractivity contribution is 5.82. The summed E-state index contributed by atoms with van der Waals surface area (Å²) in [6, 6.07) is 21.4. The van der Waals surface area contributed by atoms with Gasteiger partial charge in [-0.1, -0.05) is 54.6 Å². The van der Waals surface area contributed by atoms with E-state index in [2.05, 4.69) is 22.3 Å². The van der Waals surface area contributed by atoms with Crippen molar-refractivity contribution in [2.45, 2.75) is 32.1 Å². The molecule has 6 nitrogen and oxygen atoms in total. The van der Waals surface area contributed by atoms with Gasteiger partial charge in [-0.2, -0.15) is 0 Å². The Balaban J connectivity index is 1.58. The fourth-order valence-electron chi connectivity index (χ4n) is 4.18. The van der Waals surface area contributed by atoms with Crippen LogP contribution in [-0.2, 0) is 30.8 Å². The maximum absolute atomic E-state index is 13.2. The number of benzene rings is 3. The summed E-state index contributed by atoms with van der Waals surface area (Å²) in [7, 11) is 3.02. The Bertz CT molecular complexity index is 1060. The van der Waals surface area contributed by atoms with Crippen molar-refractivity contribution in [3.63, 3.8) is 0 Å². The van der Waals surface area contributed by atoms with Crippen LogP contribution in [0.5, 0.6) is 17.2 Å². The highest BCUT2D eigenvalue weighted by Gasteiger charge is 2.31.